The lowest BCUT2D eigenvalue weighted by molar-refractivity contribution is -0.131. The summed E-state index contributed by atoms with van der Waals surface area (Å²) in [6.07, 6.45) is 5.60. The van der Waals surface area contributed by atoms with Crippen LogP contribution in [-0.4, -0.2) is 32.4 Å². The molecule has 6 nitrogen and oxygen atoms in total. The SMILES string of the molecule is O.O=C1C=CC=CC1=O.Oc1ccccc1.Oc1ccccc1O. The molecular weight excluding hydrogens is 312 g/mol. The lowest BCUT2D eigenvalue weighted by Crippen LogP contribution is -2.08. The fraction of sp³-hybridized carbons (Fsp3) is 0. The van der Waals surface area contributed by atoms with Crippen LogP contribution in [0.2, 0.25) is 0 Å². The van der Waals surface area contributed by atoms with E-state index in [1.807, 2.05) is 6.07 Å². The predicted octanol–water partition coefficient (Wildman–Crippen LogP) is 1.92. The first-order valence-electron chi connectivity index (χ1n) is 6.64. The normalized spacial score (nSPS) is 11.3. The number of ketones is 2. The van der Waals surface area contributed by atoms with Crippen molar-refractivity contribution in [2.24, 2.45) is 0 Å². The molecule has 1 aliphatic carbocycles. The van der Waals surface area contributed by atoms with Crippen LogP contribution in [0.4, 0.5) is 0 Å². The van der Waals surface area contributed by atoms with Gasteiger partial charge in [0, 0.05) is 0 Å². The molecule has 0 spiro atoms. The summed E-state index contributed by atoms with van der Waals surface area (Å²) < 4.78 is 0. The Kier molecular flexibility index (Phi) is 9.64. The number of para-hydroxylation sites is 3. The minimum atomic E-state index is -0.437. The average molecular weight is 330 g/mol. The van der Waals surface area contributed by atoms with E-state index >= 15 is 0 Å². The number of carbonyl (C=O) groups is 2. The predicted molar refractivity (Wildman–Crippen MR) is 89.8 cm³/mol. The highest BCUT2D eigenvalue weighted by atomic mass is 16.3. The van der Waals surface area contributed by atoms with E-state index in [0.717, 1.165) is 0 Å². The van der Waals surface area contributed by atoms with Gasteiger partial charge in [0.25, 0.3) is 0 Å². The number of aromatic hydroxyl groups is 3. The molecule has 0 radical (unpaired) electrons. The minimum Gasteiger partial charge on any atom is -0.508 e. The van der Waals surface area contributed by atoms with Crippen LogP contribution in [-0.2, 0) is 9.59 Å². The Labute approximate surface area is 138 Å². The first kappa shape index (κ1) is 20.6. The topological polar surface area (TPSA) is 126 Å². The molecule has 2 aromatic carbocycles. The Morgan fingerprint density at radius 3 is 1.21 bits per heavy atom. The lowest BCUT2D eigenvalue weighted by Gasteiger charge is -1.91. The molecule has 0 amide bonds. The van der Waals surface area contributed by atoms with Crippen LogP contribution in [0.25, 0.3) is 0 Å². The Morgan fingerprint density at radius 2 is 0.958 bits per heavy atom. The molecule has 1 aliphatic rings. The van der Waals surface area contributed by atoms with Gasteiger partial charge in [-0.1, -0.05) is 42.5 Å². The smallest absolute Gasteiger partial charge is 0.225 e. The first-order valence-corrected chi connectivity index (χ1v) is 6.64. The van der Waals surface area contributed by atoms with Crippen molar-refractivity contribution >= 4 is 11.6 Å². The third kappa shape index (κ3) is 8.16. The fourth-order valence-electron chi connectivity index (χ4n) is 1.34. The third-order valence-corrected chi connectivity index (χ3v) is 2.49. The highest BCUT2D eigenvalue weighted by molar-refractivity contribution is 6.46. The summed E-state index contributed by atoms with van der Waals surface area (Å²) in [6, 6.07) is 14.9. The zero-order valence-corrected chi connectivity index (χ0v) is 12.7. The molecule has 0 atom stereocenters. The molecule has 0 unspecified atom stereocenters. The van der Waals surface area contributed by atoms with Crippen molar-refractivity contribution in [2.75, 3.05) is 0 Å². The second-order valence-corrected chi connectivity index (χ2v) is 4.27. The second kappa shape index (κ2) is 11.2. The average Bonchev–Trinajstić information content (AvgIpc) is 2.55. The van der Waals surface area contributed by atoms with Gasteiger partial charge in [-0.2, -0.15) is 0 Å². The van der Waals surface area contributed by atoms with E-state index < -0.39 is 11.6 Å². The van der Waals surface area contributed by atoms with E-state index in [4.69, 9.17) is 15.3 Å². The maximum Gasteiger partial charge on any atom is 0.225 e. The van der Waals surface area contributed by atoms with E-state index in [1.165, 1.54) is 24.3 Å². The number of phenols is 3. The summed E-state index contributed by atoms with van der Waals surface area (Å²) >= 11 is 0. The molecule has 0 aliphatic heterocycles. The monoisotopic (exact) mass is 330 g/mol. The summed E-state index contributed by atoms with van der Waals surface area (Å²) in [5.74, 6) is -0.706. The molecule has 24 heavy (non-hydrogen) atoms. The highest BCUT2D eigenvalue weighted by Crippen LogP contribution is 2.21. The Bertz CT molecular complexity index is 661. The van der Waals surface area contributed by atoms with E-state index in [2.05, 4.69) is 0 Å². The van der Waals surface area contributed by atoms with Crippen molar-refractivity contribution in [2.45, 2.75) is 0 Å². The number of carbonyl (C=O) groups excluding carboxylic acids is 2. The van der Waals surface area contributed by atoms with Gasteiger partial charge < -0.3 is 20.8 Å². The van der Waals surface area contributed by atoms with Crippen molar-refractivity contribution < 1.29 is 30.4 Å². The van der Waals surface area contributed by atoms with Crippen LogP contribution >= 0.6 is 0 Å². The zero-order chi connectivity index (χ0) is 17.1. The summed E-state index contributed by atoms with van der Waals surface area (Å²) in [5.41, 5.74) is 0. The van der Waals surface area contributed by atoms with Crippen LogP contribution in [0.15, 0.2) is 78.9 Å². The number of hydrogen-bond acceptors (Lipinski definition) is 5. The number of allylic oxidation sites excluding steroid dienone is 4. The van der Waals surface area contributed by atoms with Crippen LogP contribution in [0.1, 0.15) is 0 Å². The third-order valence-electron chi connectivity index (χ3n) is 2.49. The highest BCUT2D eigenvalue weighted by Gasteiger charge is 2.06. The van der Waals surface area contributed by atoms with Gasteiger partial charge in [0.05, 0.1) is 0 Å². The molecule has 3 rings (SSSR count). The first-order chi connectivity index (χ1) is 11.0. The number of hydrogen-bond donors (Lipinski definition) is 3. The number of benzene rings is 2. The van der Waals surface area contributed by atoms with E-state index in [0.29, 0.717) is 5.75 Å². The molecule has 0 bridgehead atoms. The van der Waals surface area contributed by atoms with Gasteiger partial charge in [0.1, 0.15) is 5.75 Å². The van der Waals surface area contributed by atoms with Gasteiger partial charge in [-0.05, 0) is 36.4 Å². The largest absolute Gasteiger partial charge is 0.508 e. The van der Waals surface area contributed by atoms with Gasteiger partial charge in [-0.15, -0.1) is 0 Å². The van der Waals surface area contributed by atoms with Gasteiger partial charge in [0.2, 0.25) is 11.6 Å². The molecule has 0 aromatic heterocycles. The summed E-state index contributed by atoms with van der Waals surface area (Å²) in [6.45, 7) is 0. The summed E-state index contributed by atoms with van der Waals surface area (Å²) in [5, 5.41) is 26.0. The van der Waals surface area contributed by atoms with Crippen molar-refractivity contribution in [3.05, 3.63) is 78.9 Å². The molecule has 2 aromatic rings. The molecule has 0 fully saturated rings. The summed E-state index contributed by atoms with van der Waals surface area (Å²) in [7, 11) is 0. The van der Waals surface area contributed by atoms with E-state index in [1.54, 1.807) is 48.6 Å². The molecule has 126 valence electrons. The molecule has 0 saturated carbocycles. The maximum absolute atomic E-state index is 10.3. The van der Waals surface area contributed by atoms with Crippen molar-refractivity contribution in [3.8, 4) is 17.2 Å². The molecule has 0 heterocycles. The molecule has 0 saturated heterocycles. The minimum absolute atomic E-state index is 0. The van der Waals surface area contributed by atoms with Crippen molar-refractivity contribution in [1.29, 1.82) is 0 Å². The fourth-order valence-corrected chi connectivity index (χ4v) is 1.34. The number of phenolic OH excluding ortho intramolecular Hbond substituents is 3. The van der Waals surface area contributed by atoms with Gasteiger partial charge in [-0.25, -0.2) is 0 Å². The molecular formula is C18H18O6. The standard InChI is InChI=1S/C6H6O2.C6H4O2.C6H6O.H2O/c2*7-5-3-1-2-4-6(5)8;7-6-4-2-1-3-5-6;/h1-4,7-8H;1-4H;1-5,7H;1H2. The lowest BCUT2D eigenvalue weighted by atomic mass is 10.1. The van der Waals surface area contributed by atoms with Gasteiger partial charge >= 0.3 is 0 Å². The van der Waals surface area contributed by atoms with Gasteiger partial charge in [0.15, 0.2) is 11.5 Å². The Morgan fingerprint density at radius 1 is 0.583 bits per heavy atom. The number of rotatable bonds is 0. The Hall–Kier alpha value is -3.38. The molecule has 6 heteroatoms. The van der Waals surface area contributed by atoms with E-state index in [9.17, 15) is 9.59 Å². The van der Waals surface area contributed by atoms with Crippen LogP contribution < -0.4 is 0 Å². The quantitative estimate of drug-likeness (QED) is 0.386. The zero-order valence-electron chi connectivity index (χ0n) is 12.7. The van der Waals surface area contributed by atoms with E-state index in [-0.39, 0.29) is 17.0 Å². The molecule has 5 N–H and O–H groups in total. The Balaban J connectivity index is 0.000000325. The maximum atomic E-state index is 10.3. The van der Waals surface area contributed by atoms with Crippen LogP contribution in [0.3, 0.4) is 0 Å². The van der Waals surface area contributed by atoms with Crippen LogP contribution in [0.5, 0.6) is 17.2 Å². The van der Waals surface area contributed by atoms with Gasteiger partial charge in [-0.3, -0.25) is 9.59 Å². The van der Waals surface area contributed by atoms with Crippen molar-refractivity contribution in [1.82, 2.24) is 0 Å². The van der Waals surface area contributed by atoms with Crippen LogP contribution in [0, 0.1) is 0 Å². The summed E-state index contributed by atoms with van der Waals surface area (Å²) in [4.78, 5) is 20.6. The second-order valence-electron chi connectivity index (χ2n) is 4.27. The van der Waals surface area contributed by atoms with Crippen molar-refractivity contribution in [3.63, 3.8) is 0 Å².